The number of fused-ring (bicyclic) bond motifs is 5. The molecule has 32 heavy (non-hydrogen) atoms. The van der Waals surface area contributed by atoms with Gasteiger partial charge < -0.3 is 0 Å². The molecule has 0 saturated heterocycles. The number of hydrogen-bond donors (Lipinski definition) is 0. The van der Waals surface area contributed by atoms with E-state index in [4.69, 9.17) is 0 Å². The van der Waals surface area contributed by atoms with E-state index in [-0.39, 0.29) is 0 Å². The van der Waals surface area contributed by atoms with Gasteiger partial charge in [0, 0.05) is 0 Å². The molecule has 0 amide bonds. The standard InChI is InChI=1S/C32H58/c1-18-16-28(11)26(21(4)20(18)3)22(5)23(6)32(15)29(12)17-19(2)27(9,10)30(29,13)24(7)25(8)31(28,32)14/h18-26H,16-17H2,1-15H3/t18-,19-,20-,21-,22?,23-,24?,25-,26+,28+,29?,30?,31?,32?/m1/s1. The molecule has 186 valence electrons. The molecule has 0 aromatic carbocycles. The molecule has 0 heterocycles. The molecule has 0 aliphatic heterocycles. The van der Waals surface area contributed by atoms with Crippen molar-refractivity contribution in [2.24, 2.45) is 85.8 Å². The van der Waals surface area contributed by atoms with Gasteiger partial charge in [-0.3, -0.25) is 0 Å². The monoisotopic (exact) mass is 442 g/mol. The summed E-state index contributed by atoms with van der Waals surface area (Å²) in [4.78, 5) is 0. The highest BCUT2D eigenvalue weighted by Crippen LogP contribution is 2.88. The molecule has 4 aliphatic carbocycles. The first kappa shape index (κ1) is 25.1. The molecule has 0 radical (unpaired) electrons. The van der Waals surface area contributed by atoms with Gasteiger partial charge in [-0.2, -0.15) is 0 Å². The van der Waals surface area contributed by atoms with Gasteiger partial charge >= 0.3 is 0 Å². The predicted molar refractivity (Wildman–Crippen MR) is 140 cm³/mol. The summed E-state index contributed by atoms with van der Waals surface area (Å²) >= 11 is 0. The Morgan fingerprint density at radius 3 is 1.53 bits per heavy atom. The fourth-order valence-electron chi connectivity index (χ4n) is 13.1. The van der Waals surface area contributed by atoms with Crippen molar-refractivity contribution in [3.05, 3.63) is 0 Å². The average molecular weight is 443 g/mol. The highest BCUT2D eigenvalue weighted by molar-refractivity contribution is 5.30. The van der Waals surface area contributed by atoms with Crippen molar-refractivity contribution in [2.45, 2.75) is 117 Å². The molecular weight excluding hydrogens is 384 g/mol. The van der Waals surface area contributed by atoms with Crippen molar-refractivity contribution in [1.29, 1.82) is 0 Å². The summed E-state index contributed by atoms with van der Waals surface area (Å²) in [6.45, 7) is 40.3. The van der Waals surface area contributed by atoms with Crippen LogP contribution in [0.4, 0.5) is 0 Å². The first-order valence-corrected chi connectivity index (χ1v) is 14.3. The molecule has 0 heteroatoms. The highest BCUT2D eigenvalue weighted by atomic mass is 14.9. The van der Waals surface area contributed by atoms with E-state index in [0.29, 0.717) is 32.5 Å². The topological polar surface area (TPSA) is 0 Å². The smallest absolute Gasteiger partial charge is 0.0176 e. The minimum absolute atomic E-state index is 0.341. The lowest BCUT2D eigenvalue weighted by Gasteiger charge is -2.82. The van der Waals surface area contributed by atoms with Crippen molar-refractivity contribution in [3.63, 3.8) is 0 Å². The van der Waals surface area contributed by atoms with Gasteiger partial charge in [0.2, 0.25) is 0 Å². The molecule has 0 aromatic heterocycles. The summed E-state index contributed by atoms with van der Waals surface area (Å²) in [5, 5.41) is 0. The van der Waals surface area contributed by atoms with Gasteiger partial charge in [-0.05, 0) is 98.6 Å². The minimum atomic E-state index is 0.341. The highest BCUT2D eigenvalue weighted by Gasteiger charge is 2.83. The molecule has 0 bridgehead atoms. The third-order valence-corrected chi connectivity index (χ3v) is 16.5. The predicted octanol–water partition coefficient (Wildman–Crippen LogP) is 9.58. The lowest BCUT2D eigenvalue weighted by Crippen LogP contribution is -2.77. The van der Waals surface area contributed by atoms with Crippen LogP contribution in [0, 0.1) is 85.8 Å². The van der Waals surface area contributed by atoms with Gasteiger partial charge in [0.25, 0.3) is 0 Å². The van der Waals surface area contributed by atoms with Crippen LogP contribution < -0.4 is 0 Å². The van der Waals surface area contributed by atoms with Gasteiger partial charge in [-0.15, -0.1) is 0 Å². The minimum Gasteiger partial charge on any atom is -0.0622 e. The first-order valence-electron chi connectivity index (χ1n) is 14.3. The van der Waals surface area contributed by atoms with Crippen molar-refractivity contribution in [1.82, 2.24) is 0 Å². The lowest BCUT2D eigenvalue weighted by molar-refractivity contribution is -0.350. The molecule has 0 aromatic rings. The van der Waals surface area contributed by atoms with Crippen molar-refractivity contribution >= 4 is 0 Å². The molecule has 4 fully saturated rings. The van der Waals surface area contributed by atoms with E-state index in [1.807, 2.05) is 0 Å². The summed E-state index contributed by atoms with van der Waals surface area (Å²) in [5.41, 5.74) is 2.21. The second kappa shape index (κ2) is 6.60. The van der Waals surface area contributed by atoms with Crippen molar-refractivity contribution in [3.8, 4) is 0 Å². The Morgan fingerprint density at radius 1 is 0.500 bits per heavy atom. The van der Waals surface area contributed by atoms with Crippen LogP contribution >= 0.6 is 0 Å². The Balaban J connectivity index is 2.05. The summed E-state index contributed by atoms with van der Waals surface area (Å²) in [5.74, 6) is 7.16. The van der Waals surface area contributed by atoms with Gasteiger partial charge in [0.1, 0.15) is 0 Å². The van der Waals surface area contributed by atoms with E-state index in [2.05, 4.69) is 104 Å². The first-order chi connectivity index (χ1) is 14.3. The van der Waals surface area contributed by atoms with E-state index < -0.39 is 0 Å². The molecule has 4 aliphatic rings. The third kappa shape index (κ3) is 2.12. The van der Waals surface area contributed by atoms with Crippen LogP contribution in [0.2, 0.25) is 0 Å². The van der Waals surface area contributed by atoms with Crippen LogP contribution in [0.3, 0.4) is 0 Å². The fourth-order valence-corrected chi connectivity index (χ4v) is 13.1. The maximum Gasteiger partial charge on any atom is -0.0176 e. The van der Waals surface area contributed by atoms with Crippen LogP contribution in [0.5, 0.6) is 0 Å². The molecule has 0 spiro atoms. The summed E-state index contributed by atoms with van der Waals surface area (Å²) in [6, 6.07) is 0. The third-order valence-electron chi connectivity index (χ3n) is 16.5. The van der Waals surface area contributed by atoms with Crippen molar-refractivity contribution in [2.75, 3.05) is 0 Å². The number of hydrogen-bond acceptors (Lipinski definition) is 0. The summed E-state index contributed by atoms with van der Waals surface area (Å²) in [7, 11) is 0. The Labute approximate surface area is 202 Å². The van der Waals surface area contributed by atoms with E-state index in [1.54, 1.807) is 0 Å². The van der Waals surface area contributed by atoms with Crippen molar-refractivity contribution < 1.29 is 0 Å². The van der Waals surface area contributed by atoms with Gasteiger partial charge in [-0.25, -0.2) is 0 Å². The normalized spacial score (nSPS) is 66.3. The molecule has 14 atom stereocenters. The maximum atomic E-state index is 2.82. The second-order valence-corrected chi connectivity index (χ2v) is 15.8. The van der Waals surface area contributed by atoms with E-state index >= 15 is 0 Å². The molecule has 4 rings (SSSR count). The zero-order valence-corrected chi connectivity index (χ0v) is 24.6. The van der Waals surface area contributed by atoms with Gasteiger partial charge in [-0.1, -0.05) is 104 Å². The molecule has 4 saturated carbocycles. The summed E-state index contributed by atoms with van der Waals surface area (Å²) < 4.78 is 0. The van der Waals surface area contributed by atoms with Gasteiger partial charge in [0.05, 0.1) is 0 Å². The Hall–Kier alpha value is 0. The Morgan fingerprint density at radius 2 is 1.00 bits per heavy atom. The van der Waals surface area contributed by atoms with E-state index in [1.165, 1.54) is 12.8 Å². The van der Waals surface area contributed by atoms with E-state index in [0.717, 1.165) is 53.3 Å². The summed E-state index contributed by atoms with van der Waals surface area (Å²) in [6.07, 6.45) is 2.83. The maximum absolute atomic E-state index is 2.82. The van der Waals surface area contributed by atoms with E-state index in [9.17, 15) is 0 Å². The fraction of sp³-hybridized carbons (Fsp3) is 1.00. The largest absolute Gasteiger partial charge is 0.0622 e. The Bertz CT molecular complexity index is 779. The van der Waals surface area contributed by atoms with Crippen LogP contribution in [0.1, 0.15) is 117 Å². The lowest BCUT2D eigenvalue weighted by atomic mass is 9.22. The molecule has 6 unspecified atom stereocenters. The molecule has 0 N–H and O–H groups in total. The number of rotatable bonds is 0. The van der Waals surface area contributed by atoms with Crippen LogP contribution in [0.25, 0.3) is 0 Å². The SMILES string of the molecule is CC1[C@@H](C)C2(C)C3(C)C[C@@H](C)C(C)(C)C3(C)C(C)[C@@H](C)C2(C)[C@@]2(C)C[C@@H](C)[C@@H](C)[C@@H](C)[C@@H]12. The second-order valence-electron chi connectivity index (χ2n) is 15.8. The van der Waals surface area contributed by atoms with Crippen LogP contribution in [0.15, 0.2) is 0 Å². The average Bonchev–Trinajstić information content (AvgIpc) is 2.85. The quantitative estimate of drug-likeness (QED) is 0.350. The van der Waals surface area contributed by atoms with Crippen LogP contribution in [-0.2, 0) is 0 Å². The zero-order chi connectivity index (χ0) is 24.6. The zero-order valence-electron chi connectivity index (χ0n) is 24.6. The molecule has 0 nitrogen and oxygen atoms in total. The molecular formula is C32H58. The van der Waals surface area contributed by atoms with Gasteiger partial charge in [0.15, 0.2) is 0 Å². The van der Waals surface area contributed by atoms with Crippen LogP contribution in [-0.4, -0.2) is 0 Å². The Kier molecular flexibility index (Phi) is 5.18.